The zero-order chi connectivity index (χ0) is 41.6. The van der Waals surface area contributed by atoms with Gasteiger partial charge in [-0.05, 0) is 129 Å². The predicted octanol–water partition coefficient (Wildman–Crippen LogP) is 17.4. The van der Waals surface area contributed by atoms with E-state index in [-0.39, 0.29) is 0 Å². The van der Waals surface area contributed by atoms with E-state index in [1.807, 2.05) is 23.5 Å². The molecular weight excluding hydrogens is 771 g/mol. The van der Waals surface area contributed by atoms with Gasteiger partial charge in [-0.25, -0.2) is 0 Å². The fraction of sp³-hybridized carbons (Fsp3) is 0.0169. The second-order valence-electron chi connectivity index (χ2n) is 15.8. The number of benzene rings is 9. The molecule has 0 saturated heterocycles. The minimum Gasteiger partial charge on any atom is -0.456 e. The van der Waals surface area contributed by atoms with Crippen LogP contribution >= 0.6 is 11.3 Å². The van der Waals surface area contributed by atoms with E-state index in [2.05, 4.69) is 218 Å². The Bertz CT molecular complexity index is 3560. The van der Waals surface area contributed by atoms with Crippen molar-refractivity contribution in [3.8, 4) is 33.4 Å². The van der Waals surface area contributed by atoms with E-state index in [9.17, 15) is 0 Å². The van der Waals surface area contributed by atoms with E-state index in [1.54, 1.807) is 0 Å². The number of rotatable bonds is 9. The fourth-order valence-electron chi connectivity index (χ4n) is 8.87. The number of anilines is 2. The van der Waals surface area contributed by atoms with Crippen molar-refractivity contribution in [1.82, 2.24) is 0 Å². The highest BCUT2D eigenvalue weighted by Crippen LogP contribution is 2.42. The van der Waals surface area contributed by atoms with Crippen LogP contribution in [0, 0.1) is 0 Å². The lowest BCUT2D eigenvalue weighted by atomic mass is 9.97. The Morgan fingerprint density at radius 1 is 0.500 bits per heavy atom. The molecular formula is C59H41NOS. The molecule has 0 radical (unpaired) electrons. The Morgan fingerprint density at radius 3 is 2.05 bits per heavy atom. The number of fused-ring (bicyclic) bond motifs is 7. The Labute approximate surface area is 365 Å². The van der Waals surface area contributed by atoms with E-state index >= 15 is 0 Å². The molecule has 0 saturated carbocycles. The Kier molecular flexibility index (Phi) is 9.45. The van der Waals surface area contributed by atoms with Crippen molar-refractivity contribution in [2.45, 2.75) is 6.92 Å². The van der Waals surface area contributed by atoms with Crippen LogP contribution in [0.2, 0.25) is 0 Å². The summed E-state index contributed by atoms with van der Waals surface area (Å²) < 4.78 is 8.89. The zero-order valence-electron chi connectivity index (χ0n) is 34.3. The molecule has 0 unspecified atom stereocenters. The number of furan rings is 1. The van der Waals surface area contributed by atoms with Gasteiger partial charge in [0.2, 0.25) is 0 Å². The number of para-hydroxylation sites is 1. The largest absolute Gasteiger partial charge is 0.456 e. The molecule has 3 heteroatoms. The van der Waals surface area contributed by atoms with Crippen LogP contribution in [-0.4, -0.2) is 0 Å². The summed E-state index contributed by atoms with van der Waals surface area (Å²) in [5.74, 6) is 0. The summed E-state index contributed by atoms with van der Waals surface area (Å²) >= 11 is 1.87. The molecule has 62 heavy (non-hydrogen) atoms. The lowest BCUT2D eigenvalue weighted by molar-refractivity contribution is 0.669. The van der Waals surface area contributed by atoms with Crippen LogP contribution in [0.4, 0.5) is 11.4 Å². The minimum absolute atomic E-state index is 0.852. The third kappa shape index (κ3) is 6.79. The molecule has 0 fully saturated rings. The third-order valence-electron chi connectivity index (χ3n) is 11.9. The lowest BCUT2D eigenvalue weighted by Gasteiger charge is -2.27. The molecule has 0 bridgehead atoms. The number of thiophene rings is 1. The van der Waals surface area contributed by atoms with Gasteiger partial charge in [0, 0.05) is 48.0 Å². The summed E-state index contributed by atoms with van der Waals surface area (Å²) in [6.45, 7) is 6.83. The van der Waals surface area contributed by atoms with Gasteiger partial charge in [-0.15, -0.1) is 11.3 Å². The van der Waals surface area contributed by atoms with E-state index in [4.69, 9.17) is 11.0 Å². The van der Waals surface area contributed by atoms with Gasteiger partial charge >= 0.3 is 0 Å². The van der Waals surface area contributed by atoms with Crippen molar-refractivity contribution in [2.24, 2.45) is 0 Å². The maximum atomic E-state index is 6.26. The van der Waals surface area contributed by atoms with Crippen LogP contribution in [-0.2, 0) is 0 Å². The summed E-state index contributed by atoms with van der Waals surface area (Å²) in [6.07, 6.45) is 6.47. The summed E-state index contributed by atoms with van der Waals surface area (Å²) in [6, 6.07) is 71.8. The number of hydrogen-bond donors (Lipinski definition) is 0. The molecule has 2 heterocycles. The third-order valence-corrected chi connectivity index (χ3v) is 13.1. The first-order valence-electron chi connectivity index (χ1n) is 21.0. The molecule has 0 N–H and O–H groups in total. The van der Waals surface area contributed by atoms with Gasteiger partial charge in [0.15, 0.2) is 0 Å². The molecule has 2 aromatic heterocycles. The van der Waals surface area contributed by atoms with Crippen molar-refractivity contribution in [1.29, 1.82) is 0 Å². The van der Waals surface area contributed by atoms with Gasteiger partial charge < -0.3 is 9.32 Å². The molecule has 11 aromatic rings. The highest BCUT2D eigenvalue weighted by molar-refractivity contribution is 7.26. The first-order valence-corrected chi connectivity index (χ1v) is 21.9. The molecule has 0 aliphatic carbocycles. The summed E-state index contributed by atoms with van der Waals surface area (Å²) in [5, 5.41) is 7.30. The van der Waals surface area contributed by atoms with Crippen LogP contribution in [0.1, 0.15) is 12.5 Å². The Balaban J connectivity index is 0.996. The topological polar surface area (TPSA) is 16.4 Å². The molecule has 11 rings (SSSR count). The maximum absolute atomic E-state index is 6.26. The lowest BCUT2D eigenvalue weighted by Crippen LogP contribution is -2.14. The van der Waals surface area contributed by atoms with Gasteiger partial charge in [-0.1, -0.05) is 158 Å². The molecule has 0 aliphatic rings. The Hall–Kier alpha value is -7.72. The first-order chi connectivity index (χ1) is 30.6. The number of nitrogens with zero attached hydrogens (tertiary/aromatic N) is 1. The average Bonchev–Trinajstić information content (AvgIpc) is 3.90. The van der Waals surface area contributed by atoms with Gasteiger partial charge in [-0.3, -0.25) is 0 Å². The second-order valence-corrected chi connectivity index (χ2v) is 16.8. The minimum atomic E-state index is 0.852. The maximum Gasteiger partial charge on any atom is 0.136 e. The van der Waals surface area contributed by atoms with Crippen LogP contribution in [0.5, 0.6) is 0 Å². The van der Waals surface area contributed by atoms with Crippen molar-refractivity contribution >= 4 is 81.2 Å². The number of hydrogen-bond acceptors (Lipinski definition) is 3. The van der Waals surface area contributed by atoms with E-state index in [0.717, 1.165) is 72.4 Å². The standard InChI is InChI=1S/C59H41NOS/c1-3-13-42(46-27-26-40-14-4-5-15-43(40)35-46)34-39(2)60(49-31-28-41(29-32-49)47-30-33-53-52-20-6-8-24-56(52)61-57(53)38-47)50-19-11-17-45(37-50)44-16-10-18-48(36-44)51-22-12-23-55-54-21-7-9-25-58(54)62-59(51)55/h3-38H,2H2,1H3/b13-3-,42-34+. The van der Waals surface area contributed by atoms with Crippen molar-refractivity contribution in [3.63, 3.8) is 0 Å². The molecule has 9 aromatic carbocycles. The summed E-state index contributed by atoms with van der Waals surface area (Å²) in [4.78, 5) is 2.27. The second kappa shape index (κ2) is 15.7. The van der Waals surface area contributed by atoms with Gasteiger partial charge in [0.1, 0.15) is 11.2 Å². The zero-order valence-corrected chi connectivity index (χ0v) is 35.1. The summed E-state index contributed by atoms with van der Waals surface area (Å²) in [5.41, 5.74) is 13.9. The molecule has 2 nitrogen and oxygen atoms in total. The van der Waals surface area contributed by atoms with Crippen LogP contribution < -0.4 is 4.90 Å². The average molecular weight is 812 g/mol. The first kappa shape index (κ1) is 37.3. The Morgan fingerprint density at radius 2 is 1.18 bits per heavy atom. The SMILES string of the molecule is C=C(/C=C(\C=C/C)c1ccc2ccccc2c1)N(c1ccc(-c2ccc3c(c2)oc2ccccc23)cc1)c1cccc(-c2cccc(-c3cccc4c3sc3ccccc34)c2)c1. The van der Waals surface area contributed by atoms with Gasteiger partial charge in [0.25, 0.3) is 0 Å². The summed E-state index contributed by atoms with van der Waals surface area (Å²) in [7, 11) is 0. The number of allylic oxidation sites excluding steroid dienone is 4. The highest BCUT2D eigenvalue weighted by Gasteiger charge is 2.17. The molecule has 0 aliphatic heterocycles. The van der Waals surface area contributed by atoms with E-state index < -0.39 is 0 Å². The van der Waals surface area contributed by atoms with Crippen molar-refractivity contribution < 1.29 is 4.42 Å². The van der Waals surface area contributed by atoms with Gasteiger partial charge in [0.05, 0.1) is 0 Å². The monoisotopic (exact) mass is 811 g/mol. The normalized spacial score (nSPS) is 12.0. The van der Waals surface area contributed by atoms with Crippen molar-refractivity contribution in [2.75, 3.05) is 4.90 Å². The van der Waals surface area contributed by atoms with Crippen LogP contribution in [0.15, 0.2) is 235 Å². The highest BCUT2D eigenvalue weighted by atomic mass is 32.1. The fourth-order valence-corrected chi connectivity index (χ4v) is 10.1. The van der Waals surface area contributed by atoms with Crippen LogP contribution in [0.25, 0.3) is 91.8 Å². The van der Waals surface area contributed by atoms with E-state index in [1.165, 1.54) is 42.1 Å². The van der Waals surface area contributed by atoms with Crippen molar-refractivity contribution in [3.05, 3.63) is 236 Å². The molecule has 0 amide bonds. The van der Waals surface area contributed by atoms with E-state index in [0.29, 0.717) is 0 Å². The molecule has 0 spiro atoms. The smallest absolute Gasteiger partial charge is 0.136 e. The quantitative estimate of drug-likeness (QED) is 0.135. The van der Waals surface area contributed by atoms with Crippen LogP contribution in [0.3, 0.4) is 0 Å². The van der Waals surface area contributed by atoms with Gasteiger partial charge in [-0.2, -0.15) is 0 Å². The predicted molar refractivity (Wildman–Crippen MR) is 267 cm³/mol. The molecule has 294 valence electrons. The molecule has 0 atom stereocenters.